The molecule has 0 bridgehead atoms. The third kappa shape index (κ3) is 10.2. The van der Waals surface area contributed by atoms with E-state index in [0.717, 1.165) is 11.4 Å². The molecule has 2 aliphatic rings. The van der Waals surface area contributed by atoms with Crippen molar-refractivity contribution in [2.45, 2.75) is 132 Å². The summed E-state index contributed by atoms with van der Waals surface area (Å²) in [7, 11) is 0. The molecule has 2 heterocycles. The van der Waals surface area contributed by atoms with Crippen LogP contribution < -0.4 is 26.2 Å². The second-order valence-electron chi connectivity index (χ2n) is 28.2. The third-order valence-electron chi connectivity index (χ3n) is 17.9. The van der Waals surface area contributed by atoms with Crippen LogP contribution in [0.25, 0.3) is 55.6 Å². The summed E-state index contributed by atoms with van der Waals surface area (Å²) in [5.74, 6) is 0. The predicted octanol–water partition coefficient (Wildman–Crippen LogP) is 20.5. The van der Waals surface area contributed by atoms with Crippen LogP contribution in [0.1, 0.15) is 128 Å². The van der Waals surface area contributed by atoms with E-state index in [0.29, 0.717) is 0 Å². The van der Waals surface area contributed by atoms with Crippen LogP contribution in [0.2, 0.25) is 0 Å². The second-order valence-corrected chi connectivity index (χ2v) is 28.2. The van der Waals surface area contributed by atoms with Gasteiger partial charge < -0.3 is 9.80 Å². The van der Waals surface area contributed by atoms with E-state index >= 15 is 0 Å². The van der Waals surface area contributed by atoms with Crippen LogP contribution in [0.4, 0.5) is 34.1 Å². The molecule has 0 unspecified atom stereocenters. The topological polar surface area (TPSA) is 6.48 Å². The zero-order chi connectivity index (χ0) is 58.7. The molecule has 12 rings (SSSR count). The maximum Gasteiger partial charge on any atom is 0.252 e. The molecule has 83 heavy (non-hydrogen) atoms. The fourth-order valence-electron chi connectivity index (χ4n) is 13.3. The highest BCUT2D eigenvalue weighted by Crippen LogP contribution is 2.50. The van der Waals surface area contributed by atoms with Crippen LogP contribution in [0.3, 0.4) is 0 Å². The van der Waals surface area contributed by atoms with Crippen LogP contribution in [0.15, 0.2) is 200 Å². The van der Waals surface area contributed by atoms with Gasteiger partial charge in [-0.2, -0.15) is 0 Å². The summed E-state index contributed by atoms with van der Waals surface area (Å²) in [5, 5.41) is 0. The van der Waals surface area contributed by atoms with Crippen molar-refractivity contribution in [1.82, 2.24) is 0 Å². The summed E-state index contributed by atoms with van der Waals surface area (Å²) in [4.78, 5) is 5.27. The summed E-state index contributed by atoms with van der Waals surface area (Å²) in [6, 6.07) is 77.3. The van der Waals surface area contributed by atoms with E-state index in [-0.39, 0.29) is 28.4 Å². The number of benzene rings is 10. The van der Waals surface area contributed by atoms with E-state index < -0.39 is 0 Å². The first-order chi connectivity index (χ1) is 39.3. The van der Waals surface area contributed by atoms with Crippen molar-refractivity contribution in [1.29, 1.82) is 0 Å². The molecule has 0 aliphatic carbocycles. The van der Waals surface area contributed by atoms with Crippen LogP contribution in [0, 0.1) is 27.7 Å². The second kappa shape index (κ2) is 20.3. The van der Waals surface area contributed by atoms with Crippen molar-refractivity contribution in [3.05, 3.63) is 245 Å². The van der Waals surface area contributed by atoms with Gasteiger partial charge in [0.05, 0.1) is 0 Å². The zero-order valence-electron chi connectivity index (χ0n) is 52.0. The number of hydrogen-bond acceptors (Lipinski definition) is 2. The molecule has 0 saturated carbocycles. The van der Waals surface area contributed by atoms with Crippen molar-refractivity contribution >= 4 is 57.2 Å². The van der Waals surface area contributed by atoms with E-state index in [4.69, 9.17) is 0 Å². The van der Waals surface area contributed by atoms with E-state index in [9.17, 15) is 0 Å². The number of hydrogen-bond donors (Lipinski definition) is 0. The Morgan fingerprint density at radius 3 is 0.964 bits per heavy atom. The van der Waals surface area contributed by atoms with E-state index in [1.54, 1.807) is 0 Å². The maximum atomic E-state index is 2.64. The third-order valence-corrected chi connectivity index (χ3v) is 17.9. The molecular weight excluding hydrogens is 1000 g/mol. The lowest BCUT2D eigenvalue weighted by atomic mass is 9.33. The molecule has 0 fully saturated rings. The molecule has 10 aromatic carbocycles. The average Bonchev–Trinajstić information content (AvgIpc) is 0.939. The van der Waals surface area contributed by atoms with Gasteiger partial charge in [-0.3, -0.25) is 0 Å². The molecule has 414 valence electrons. The van der Waals surface area contributed by atoms with Gasteiger partial charge in [0.1, 0.15) is 0 Å². The summed E-state index contributed by atoms with van der Waals surface area (Å²) < 4.78 is 0. The molecule has 0 saturated heterocycles. The fraction of sp³-hybridized carbons (Fsp3) is 0.250. The molecule has 2 nitrogen and oxygen atoms in total. The number of rotatable bonds is 7. The Labute approximate surface area is 497 Å². The highest BCUT2D eigenvalue weighted by Gasteiger charge is 2.44. The number of nitrogens with zero attached hydrogens (tertiary/aromatic N) is 2. The Morgan fingerprint density at radius 1 is 0.265 bits per heavy atom. The SMILES string of the molecule is Cc1cc(-c2ccccc2)cc(C)c1-c1ccc2c(c1)N(c1cccc(C(C)(C)C)c1)c1cc(-c3cc(C(C)(C)C)cc(C(C)(C)C)c3)cc3c1B2c1ccc(-c2c(C)cc(-c4ccccc4)cc2C)cc1N3c1cccc(C(C)(C)C)c1. The van der Waals surface area contributed by atoms with Gasteiger partial charge in [0.15, 0.2) is 0 Å². The monoisotopic (exact) mass is 1080 g/mol. The number of fused-ring (bicyclic) bond motifs is 4. The minimum atomic E-state index is -0.0809. The molecule has 0 radical (unpaired) electrons. The van der Waals surface area contributed by atoms with Gasteiger partial charge in [0.2, 0.25) is 0 Å². The number of anilines is 6. The molecule has 0 N–H and O–H groups in total. The first-order valence-electron chi connectivity index (χ1n) is 30.1. The van der Waals surface area contributed by atoms with Crippen LogP contribution in [0.5, 0.6) is 0 Å². The Morgan fingerprint density at radius 2 is 0.602 bits per heavy atom. The van der Waals surface area contributed by atoms with E-state index in [2.05, 4.69) is 321 Å². The molecular formula is C80H81BN2. The first kappa shape index (κ1) is 55.4. The Bertz CT molecular complexity index is 3860. The van der Waals surface area contributed by atoms with Gasteiger partial charge in [0.25, 0.3) is 6.71 Å². The normalized spacial score (nSPS) is 13.2. The molecule has 0 amide bonds. The lowest BCUT2D eigenvalue weighted by molar-refractivity contribution is 0.569. The lowest BCUT2D eigenvalue weighted by Crippen LogP contribution is -2.61. The Hall–Kier alpha value is -8.14. The van der Waals surface area contributed by atoms with Gasteiger partial charge in [-0.25, -0.2) is 0 Å². The predicted molar refractivity (Wildman–Crippen MR) is 361 cm³/mol. The highest BCUT2D eigenvalue weighted by atomic mass is 15.2. The van der Waals surface area contributed by atoms with Crippen LogP contribution in [-0.2, 0) is 21.7 Å². The summed E-state index contributed by atoms with van der Waals surface area (Å²) >= 11 is 0. The van der Waals surface area contributed by atoms with Crippen molar-refractivity contribution in [3.8, 4) is 55.6 Å². The standard InChI is InChI=1S/C80H81BN2/c1-50-37-58(54-25-19-17-20-26-54)38-51(2)74(50)56-33-35-68-70(43-56)82(66-31-23-29-62(48-66)77(5,6)7)72-45-61(60-41-64(79(11,12)13)47-65(42-60)80(14,15)16)46-73-76(72)81(68)69-36-34-57(44-71(69)83(73)67-32-24-30-63(49-67)78(8,9)10)75-52(3)39-59(40-53(75)4)55-27-21-18-22-28-55/h17-49H,1-16H3. The van der Waals surface area contributed by atoms with Gasteiger partial charge in [0, 0.05) is 34.1 Å². The van der Waals surface area contributed by atoms with Gasteiger partial charge in [-0.1, -0.05) is 235 Å². The van der Waals surface area contributed by atoms with Crippen LogP contribution >= 0.6 is 0 Å². The van der Waals surface area contributed by atoms with Crippen LogP contribution in [-0.4, -0.2) is 6.71 Å². The lowest BCUT2D eigenvalue weighted by Gasteiger charge is -2.45. The summed E-state index contributed by atoms with van der Waals surface area (Å²) in [6.07, 6.45) is 0. The van der Waals surface area contributed by atoms with Crippen molar-refractivity contribution in [2.75, 3.05) is 9.80 Å². The fourth-order valence-corrected chi connectivity index (χ4v) is 13.3. The quantitative estimate of drug-likeness (QED) is 0.147. The summed E-state index contributed by atoms with van der Waals surface area (Å²) in [6.45, 7) is 37.2. The zero-order valence-corrected chi connectivity index (χ0v) is 52.0. The van der Waals surface area contributed by atoms with Crippen molar-refractivity contribution < 1.29 is 0 Å². The van der Waals surface area contributed by atoms with Gasteiger partial charge in [-0.15, -0.1) is 0 Å². The minimum absolute atomic E-state index is 0.0712. The largest absolute Gasteiger partial charge is 0.311 e. The molecule has 0 spiro atoms. The summed E-state index contributed by atoms with van der Waals surface area (Å²) in [5.41, 5.74) is 33.6. The van der Waals surface area contributed by atoms with Gasteiger partial charge in [-0.05, 0) is 214 Å². The average molecular weight is 1080 g/mol. The minimum Gasteiger partial charge on any atom is -0.311 e. The molecule has 10 aromatic rings. The molecule has 3 heteroatoms. The van der Waals surface area contributed by atoms with Gasteiger partial charge >= 0.3 is 0 Å². The van der Waals surface area contributed by atoms with Crippen molar-refractivity contribution in [3.63, 3.8) is 0 Å². The maximum absolute atomic E-state index is 2.64. The van der Waals surface area contributed by atoms with E-state index in [1.165, 1.54) is 139 Å². The van der Waals surface area contributed by atoms with E-state index in [1.807, 2.05) is 0 Å². The smallest absolute Gasteiger partial charge is 0.252 e. The molecule has 0 aromatic heterocycles. The Balaban J connectivity index is 1.20. The Kier molecular flexibility index (Phi) is 13.6. The first-order valence-corrected chi connectivity index (χ1v) is 30.1. The molecule has 0 atom stereocenters. The highest BCUT2D eigenvalue weighted by molar-refractivity contribution is 7.00. The number of aryl methyl sites for hydroxylation is 4. The van der Waals surface area contributed by atoms with Crippen molar-refractivity contribution in [2.24, 2.45) is 0 Å². The molecule has 2 aliphatic heterocycles.